The summed E-state index contributed by atoms with van der Waals surface area (Å²) in [6, 6.07) is 2.07. The van der Waals surface area contributed by atoms with Gasteiger partial charge >= 0.3 is 0 Å². The lowest BCUT2D eigenvalue weighted by Crippen LogP contribution is -2.02. The fraction of sp³-hybridized carbons (Fsp3) is 0.500. The quantitative estimate of drug-likeness (QED) is 0.818. The van der Waals surface area contributed by atoms with Gasteiger partial charge in [0.1, 0.15) is 17.3 Å². The fourth-order valence-corrected chi connectivity index (χ4v) is 1.81. The molecule has 0 aliphatic heterocycles. The summed E-state index contributed by atoms with van der Waals surface area (Å²) < 4.78 is 10.2. The Hall–Kier alpha value is -2.16. The molecule has 6 nitrogen and oxygen atoms in total. The van der Waals surface area contributed by atoms with E-state index in [0.717, 1.165) is 18.7 Å². The molecule has 1 aliphatic carbocycles. The summed E-state index contributed by atoms with van der Waals surface area (Å²) in [6.07, 6.45) is 2.53. The third kappa shape index (κ3) is 1.68. The first-order valence-electron chi connectivity index (χ1n) is 5.81. The SMILES string of the molecule is Cc1onc(Cc2nc(C3(C)CC3)no2)c1C#N. The molecule has 1 saturated carbocycles. The molecule has 0 saturated heterocycles. The van der Waals surface area contributed by atoms with E-state index in [1.807, 2.05) is 0 Å². The summed E-state index contributed by atoms with van der Waals surface area (Å²) >= 11 is 0. The van der Waals surface area contributed by atoms with Gasteiger partial charge in [-0.3, -0.25) is 0 Å². The zero-order chi connectivity index (χ0) is 12.8. The second-order valence-electron chi connectivity index (χ2n) is 4.92. The molecule has 6 heteroatoms. The molecule has 0 radical (unpaired) electrons. The van der Waals surface area contributed by atoms with Gasteiger partial charge in [-0.25, -0.2) is 0 Å². The van der Waals surface area contributed by atoms with E-state index < -0.39 is 0 Å². The van der Waals surface area contributed by atoms with Crippen molar-refractivity contribution in [3.8, 4) is 6.07 Å². The Kier molecular flexibility index (Phi) is 2.23. The minimum Gasteiger partial charge on any atom is -0.360 e. The largest absolute Gasteiger partial charge is 0.360 e. The van der Waals surface area contributed by atoms with E-state index >= 15 is 0 Å². The van der Waals surface area contributed by atoms with Crippen molar-refractivity contribution in [2.45, 2.75) is 38.5 Å². The Bertz CT molecular complexity index is 631. The molecular formula is C12H12N4O2. The van der Waals surface area contributed by atoms with Crippen LogP contribution in [0.2, 0.25) is 0 Å². The van der Waals surface area contributed by atoms with Gasteiger partial charge in [-0.05, 0) is 19.8 Å². The maximum Gasteiger partial charge on any atom is 0.232 e. The Labute approximate surface area is 104 Å². The number of aromatic nitrogens is 3. The molecule has 0 spiro atoms. The van der Waals surface area contributed by atoms with Crippen LogP contribution in [0.15, 0.2) is 9.05 Å². The zero-order valence-corrected chi connectivity index (χ0v) is 10.2. The summed E-state index contributed by atoms with van der Waals surface area (Å²) in [5, 5.41) is 16.8. The molecule has 2 heterocycles. The Morgan fingerprint density at radius 2 is 2.11 bits per heavy atom. The van der Waals surface area contributed by atoms with Crippen LogP contribution in [0, 0.1) is 18.3 Å². The highest BCUT2D eigenvalue weighted by Gasteiger charge is 2.43. The summed E-state index contributed by atoms with van der Waals surface area (Å²) in [5.74, 6) is 1.74. The van der Waals surface area contributed by atoms with E-state index in [-0.39, 0.29) is 5.41 Å². The molecule has 1 fully saturated rings. The van der Waals surface area contributed by atoms with E-state index in [4.69, 9.17) is 14.3 Å². The van der Waals surface area contributed by atoms with E-state index in [0.29, 0.717) is 29.3 Å². The van der Waals surface area contributed by atoms with E-state index in [2.05, 4.69) is 28.3 Å². The number of hydrogen-bond acceptors (Lipinski definition) is 6. The smallest absolute Gasteiger partial charge is 0.232 e. The molecule has 18 heavy (non-hydrogen) atoms. The predicted octanol–water partition coefficient (Wildman–Crippen LogP) is 1.88. The molecule has 0 aromatic carbocycles. The van der Waals surface area contributed by atoms with Crippen molar-refractivity contribution in [1.29, 1.82) is 5.26 Å². The molecule has 0 N–H and O–H groups in total. The van der Waals surface area contributed by atoms with Gasteiger partial charge in [-0.2, -0.15) is 10.2 Å². The molecule has 2 aromatic heterocycles. The van der Waals surface area contributed by atoms with Crippen molar-refractivity contribution in [3.63, 3.8) is 0 Å². The van der Waals surface area contributed by atoms with Gasteiger partial charge in [-0.15, -0.1) is 0 Å². The third-order valence-electron chi connectivity index (χ3n) is 3.37. The molecule has 3 rings (SSSR count). The van der Waals surface area contributed by atoms with Crippen molar-refractivity contribution < 1.29 is 9.05 Å². The average molecular weight is 244 g/mol. The first-order valence-corrected chi connectivity index (χ1v) is 5.81. The zero-order valence-electron chi connectivity index (χ0n) is 10.2. The predicted molar refractivity (Wildman–Crippen MR) is 59.6 cm³/mol. The summed E-state index contributed by atoms with van der Waals surface area (Å²) in [7, 11) is 0. The molecule has 2 aromatic rings. The van der Waals surface area contributed by atoms with E-state index in [9.17, 15) is 0 Å². The van der Waals surface area contributed by atoms with Gasteiger partial charge in [0.15, 0.2) is 11.6 Å². The summed E-state index contributed by atoms with van der Waals surface area (Å²) in [5.41, 5.74) is 1.08. The monoisotopic (exact) mass is 244 g/mol. The number of nitrogens with zero attached hydrogens (tertiary/aromatic N) is 4. The molecule has 0 unspecified atom stereocenters. The van der Waals surface area contributed by atoms with Crippen molar-refractivity contribution in [3.05, 3.63) is 28.7 Å². The van der Waals surface area contributed by atoms with Crippen molar-refractivity contribution in [2.24, 2.45) is 0 Å². The molecule has 92 valence electrons. The first-order chi connectivity index (χ1) is 8.62. The second-order valence-corrected chi connectivity index (χ2v) is 4.92. The van der Waals surface area contributed by atoms with Gasteiger partial charge in [0, 0.05) is 5.41 Å². The van der Waals surface area contributed by atoms with Crippen LogP contribution in [0.25, 0.3) is 0 Å². The van der Waals surface area contributed by atoms with Gasteiger partial charge in [0.05, 0.1) is 6.42 Å². The molecule has 0 atom stereocenters. The van der Waals surface area contributed by atoms with E-state index in [1.54, 1.807) is 6.92 Å². The van der Waals surface area contributed by atoms with Crippen LogP contribution in [0.5, 0.6) is 0 Å². The van der Waals surface area contributed by atoms with Crippen LogP contribution in [-0.2, 0) is 11.8 Å². The minimum atomic E-state index is 0.0829. The van der Waals surface area contributed by atoms with E-state index in [1.165, 1.54) is 0 Å². The van der Waals surface area contributed by atoms with Gasteiger partial charge < -0.3 is 9.05 Å². The van der Waals surface area contributed by atoms with Crippen LogP contribution in [0.1, 0.15) is 48.5 Å². The molecular weight excluding hydrogens is 232 g/mol. The number of rotatable bonds is 3. The average Bonchev–Trinajstić information content (AvgIpc) is 2.79. The highest BCUT2D eigenvalue weighted by molar-refractivity contribution is 5.36. The lowest BCUT2D eigenvalue weighted by molar-refractivity contribution is 0.365. The fourth-order valence-electron chi connectivity index (χ4n) is 1.81. The summed E-state index contributed by atoms with van der Waals surface area (Å²) in [6.45, 7) is 3.82. The van der Waals surface area contributed by atoms with Crippen molar-refractivity contribution >= 4 is 0 Å². The molecule has 1 aliphatic rings. The topological polar surface area (TPSA) is 88.7 Å². The van der Waals surface area contributed by atoms with Gasteiger partial charge in [-0.1, -0.05) is 17.2 Å². The standard InChI is InChI=1S/C12H12N4O2/c1-7-8(6-13)9(15-17-7)5-10-14-11(16-18-10)12(2)3-4-12/h3-5H2,1-2H3. The number of nitriles is 1. The van der Waals surface area contributed by atoms with Crippen LogP contribution in [0.3, 0.4) is 0 Å². The Balaban J connectivity index is 1.84. The normalized spacial score (nSPS) is 16.5. The summed E-state index contributed by atoms with van der Waals surface area (Å²) in [4.78, 5) is 4.36. The Morgan fingerprint density at radius 3 is 2.78 bits per heavy atom. The van der Waals surface area contributed by atoms with Crippen LogP contribution >= 0.6 is 0 Å². The maximum absolute atomic E-state index is 8.99. The van der Waals surface area contributed by atoms with Crippen molar-refractivity contribution in [2.75, 3.05) is 0 Å². The molecule has 0 amide bonds. The van der Waals surface area contributed by atoms with Crippen LogP contribution in [0.4, 0.5) is 0 Å². The van der Waals surface area contributed by atoms with Crippen molar-refractivity contribution in [1.82, 2.24) is 15.3 Å². The second kappa shape index (κ2) is 3.67. The maximum atomic E-state index is 8.99. The minimum absolute atomic E-state index is 0.0829. The number of aryl methyl sites for hydroxylation is 1. The Morgan fingerprint density at radius 1 is 1.33 bits per heavy atom. The lowest BCUT2D eigenvalue weighted by atomic mass is 10.1. The highest BCUT2D eigenvalue weighted by atomic mass is 16.5. The number of hydrogen-bond donors (Lipinski definition) is 0. The third-order valence-corrected chi connectivity index (χ3v) is 3.37. The highest BCUT2D eigenvalue weighted by Crippen LogP contribution is 2.45. The van der Waals surface area contributed by atoms with Gasteiger partial charge in [0.25, 0.3) is 0 Å². The van der Waals surface area contributed by atoms with Crippen LogP contribution < -0.4 is 0 Å². The van der Waals surface area contributed by atoms with Gasteiger partial charge in [0.2, 0.25) is 5.89 Å². The lowest BCUT2D eigenvalue weighted by Gasteiger charge is -1.96. The van der Waals surface area contributed by atoms with Crippen LogP contribution in [-0.4, -0.2) is 15.3 Å². The first kappa shape index (κ1) is 11.0. The molecule has 0 bridgehead atoms.